The average molecular weight is 234 g/mol. The van der Waals surface area contributed by atoms with Crippen LogP contribution in [-0.2, 0) is 4.79 Å². The van der Waals surface area contributed by atoms with Crippen LogP contribution in [0, 0.1) is 0 Å². The molecular formula is C12H14N2O3. The molecule has 0 saturated heterocycles. The van der Waals surface area contributed by atoms with Gasteiger partial charge in [0.1, 0.15) is 0 Å². The topological polar surface area (TPSA) is 78.4 Å². The Morgan fingerprint density at radius 3 is 2.76 bits per heavy atom. The van der Waals surface area contributed by atoms with Crippen LogP contribution in [0.15, 0.2) is 18.2 Å². The molecule has 0 aromatic heterocycles. The summed E-state index contributed by atoms with van der Waals surface area (Å²) in [6.07, 6.45) is 0.292. The van der Waals surface area contributed by atoms with Crippen molar-refractivity contribution in [2.24, 2.45) is 0 Å². The zero-order valence-corrected chi connectivity index (χ0v) is 9.70. The quantitative estimate of drug-likeness (QED) is 0.693. The highest BCUT2D eigenvalue weighted by atomic mass is 16.4. The van der Waals surface area contributed by atoms with Gasteiger partial charge in [-0.3, -0.25) is 4.79 Å². The van der Waals surface area contributed by atoms with Gasteiger partial charge >= 0.3 is 5.97 Å². The molecular weight excluding hydrogens is 220 g/mol. The first kappa shape index (κ1) is 11.4. The first-order valence-corrected chi connectivity index (χ1v) is 5.33. The zero-order valence-electron chi connectivity index (χ0n) is 9.70. The summed E-state index contributed by atoms with van der Waals surface area (Å²) >= 11 is 0. The van der Waals surface area contributed by atoms with Crippen LogP contribution in [0.1, 0.15) is 30.6 Å². The molecule has 5 nitrogen and oxygen atoms in total. The summed E-state index contributed by atoms with van der Waals surface area (Å²) in [6, 6.07) is 4.89. The van der Waals surface area contributed by atoms with Crippen molar-refractivity contribution < 1.29 is 14.7 Å². The Balaban J connectivity index is 2.56. The lowest BCUT2D eigenvalue weighted by molar-refractivity contribution is -0.116. The van der Waals surface area contributed by atoms with Crippen molar-refractivity contribution in [2.45, 2.75) is 25.8 Å². The summed E-state index contributed by atoms with van der Waals surface area (Å²) in [7, 11) is 0. The first-order chi connectivity index (χ1) is 7.89. The highest BCUT2D eigenvalue weighted by Gasteiger charge is 2.28. The molecule has 1 aliphatic rings. The minimum absolute atomic E-state index is 0.0982. The van der Waals surface area contributed by atoms with Crippen LogP contribution in [0.2, 0.25) is 0 Å². The van der Waals surface area contributed by atoms with E-state index < -0.39 is 11.5 Å². The summed E-state index contributed by atoms with van der Waals surface area (Å²) in [4.78, 5) is 22.8. The van der Waals surface area contributed by atoms with Crippen molar-refractivity contribution in [3.05, 3.63) is 23.8 Å². The van der Waals surface area contributed by atoms with Crippen LogP contribution < -0.4 is 10.6 Å². The number of anilines is 2. The summed E-state index contributed by atoms with van der Waals surface area (Å²) in [5.41, 5.74) is 0.685. The number of carbonyl (C=O) groups is 2. The molecule has 2 rings (SSSR count). The highest BCUT2D eigenvalue weighted by molar-refractivity contribution is 6.05. The number of carboxylic acid groups (broad SMARTS) is 1. The lowest BCUT2D eigenvalue weighted by Crippen LogP contribution is -2.32. The predicted octanol–water partition coefficient (Wildman–Crippen LogP) is 1.92. The van der Waals surface area contributed by atoms with Crippen LogP contribution in [-0.4, -0.2) is 22.5 Å². The van der Waals surface area contributed by atoms with Crippen molar-refractivity contribution in [2.75, 3.05) is 10.6 Å². The number of fused-ring (bicyclic) bond motifs is 1. The molecule has 0 bridgehead atoms. The van der Waals surface area contributed by atoms with E-state index in [1.807, 2.05) is 13.8 Å². The number of carboxylic acids is 1. The van der Waals surface area contributed by atoms with Gasteiger partial charge in [0.15, 0.2) is 0 Å². The maximum atomic E-state index is 11.7. The third-order valence-corrected chi connectivity index (χ3v) is 2.63. The molecule has 17 heavy (non-hydrogen) atoms. The highest BCUT2D eigenvalue weighted by Crippen LogP contribution is 2.32. The number of benzene rings is 1. The van der Waals surface area contributed by atoms with E-state index in [0.717, 1.165) is 0 Å². The van der Waals surface area contributed by atoms with Crippen LogP contribution in [0.4, 0.5) is 11.4 Å². The van der Waals surface area contributed by atoms with Crippen LogP contribution in [0.5, 0.6) is 0 Å². The average Bonchev–Trinajstić information content (AvgIpc) is 2.29. The molecule has 0 atom stereocenters. The summed E-state index contributed by atoms with van der Waals surface area (Å²) in [5, 5.41) is 14.9. The smallest absolute Gasteiger partial charge is 0.337 e. The Bertz CT molecular complexity index is 495. The molecule has 0 unspecified atom stereocenters. The Hall–Kier alpha value is -2.04. The van der Waals surface area contributed by atoms with Crippen molar-refractivity contribution in [1.29, 1.82) is 0 Å². The fourth-order valence-electron chi connectivity index (χ4n) is 1.96. The van der Waals surface area contributed by atoms with Gasteiger partial charge in [-0.25, -0.2) is 4.79 Å². The summed E-state index contributed by atoms with van der Waals surface area (Å²) in [6.45, 7) is 3.80. The van der Waals surface area contributed by atoms with E-state index in [1.165, 1.54) is 6.07 Å². The van der Waals surface area contributed by atoms with E-state index in [0.29, 0.717) is 17.8 Å². The Morgan fingerprint density at radius 2 is 2.12 bits per heavy atom. The predicted molar refractivity (Wildman–Crippen MR) is 64.3 cm³/mol. The molecule has 1 aliphatic heterocycles. The number of hydrogen-bond donors (Lipinski definition) is 3. The van der Waals surface area contributed by atoms with Crippen molar-refractivity contribution >= 4 is 23.3 Å². The van der Waals surface area contributed by atoms with E-state index in [4.69, 9.17) is 5.11 Å². The monoisotopic (exact) mass is 234 g/mol. The number of nitrogens with one attached hydrogen (secondary N) is 2. The molecule has 0 spiro atoms. The molecule has 90 valence electrons. The standard InChI is InChI=1S/C12H14N2O3/c1-12(2)6-9(15)13-10-7(11(16)17)4-3-5-8(10)14-12/h3-5,14H,6H2,1-2H3,(H,13,15)(H,16,17). The lowest BCUT2D eigenvalue weighted by atomic mass is 10.0. The number of rotatable bonds is 1. The van der Waals surface area contributed by atoms with Crippen LogP contribution in [0.25, 0.3) is 0 Å². The van der Waals surface area contributed by atoms with Crippen LogP contribution in [0.3, 0.4) is 0 Å². The minimum atomic E-state index is -1.05. The first-order valence-electron chi connectivity index (χ1n) is 5.33. The Morgan fingerprint density at radius 1 is 1.41 bits per heavy atom. The van der Waals surface area contributed by atoms with Crippen molar-refractivity contribution in [1.82, 2.24) is 0 Å². The second kappa shape index (κ2) is 3.76. The molecule has 1 amide bonds. The van der Waals surface area contributed by atoms with Gasteiger partial charge in [-0.1, -0.05) is 6.07 Å². The van der Waals surface area contributed by atoms with Crippen molar-refractivity contribution in [3.8, 4) is 0 Å². The molecule has 1 aromatic carbocycles. The molecule has 0 radical (unpaired) electrons. The number of amides is 1. The number of carbonyl (C=O) groups excluding carboxylic acids is 1. The van der Waals surface area contributed by atoms with Gasteiger partial charge in [0.25, 0.3) is 0 Å². The maximum Gasteiger partial charge on any atom is 0.337 e. The van der Waals surface area contributed by atoms with Gasteiger partial charge in [-0.15, -0.1) is 0 Å². The van der Waals surface area contributed by atoms with Gasteiger partial charge in [-0.2, -0.15) is 0 Å². The Kier molecular flexibility index (Phi) is 2.53. The van der Waals surface area contributed by atoms with Gasteiger partial charge < -0.3 is 15.7 Å². The molecule has 0 fully saturated rings. The second-order valence-electron chi connectivity index (χ2n) is 4.77. The van der Waals surface area contributed by atoms with Gasteiger partial charge in [-0.05, 0) is 26.0 Å². The van der Waals surface area contributed by atoms with E-state index in [2.05, 4.69) is 10.6 Å². The molecule has 1 heterocycles. The second-order valence-corrected chi connectivity index (χ2v) is 4.77. The summed E-state index contributed by atoms with van der Waals surface area (Å²) in [5.74, 6) is -1.24. The minimum Gasteiger partial charge on any atom is -0.478 e. The van der Waals surface area contributed by atoms with E-state index in [9.17, 15) is 9.59 Å². The summed E-state index contributed by atoms with van der Waals surface area (Å²) < 4.78 is 0. The normalized spacial score (nSPS) is 17.4. The Labute approximate surface area is 98.8 Å². The van der Waals surface area contributed by atoms with E-state index >= 15 is 0 Å². The fraction of sp³-hybridized carbons (Fsp3) is 0.333. The van der Waals surface area contributed by atoms with Crippen LogP contribution >= 0.6 is 0 Å². The zero-order chi connectivity index (χ0) is 12.6. The number of para-hydroxylation sites is 1. The van der Waals surface area contributed by atoms with Gasteiger partial charge in [0, 0.05) is 12.0 Å². The van der Waals surface area contributed by atoms with E-state index in [-0.39, 0.29) is 11.5 Å². The fourth-order valence-corrected chi connectivity index (χ4v) is 1.96. The third kappa shape index (κ3) is 2.22. The largest absolute Gasteiger partial charge is 0.478 e. The van der Waals surface area contributed by atoms with Gasteiger partial charge in [0.2, 0.25) is 5.91 Å². The SMILES string of the molecule is CC1(C)CC(=O)Nc2c(cccc2C(=O)O)N1. The number of aromatic carboxylic acids is 1. The molecule has 5 heteroatoms. The van der Waals surface area contributed by atoms with E-state index in [1.54, 1.807) is 12.1 Å². The van der Waals surface area contributed by atoms with Crippen molar-refractivity contribution in [3.63, 3.8) is 0 Å². The molecule has 0 saturated carbocycles. The molecule has 3 N–H and O–H groups in total. The molecule has 0 aliphatic carbocycles. The number of hydrogen-bond acceptors (Lipinski definition) is 3. The molecule has 1 aromatic rings. The lowest BCUT2D eigenvalue weighted by Gasteiger charge is -2.24. The van der Waals surface area contributed by atoms with Gasteiger partial charge in [0.05, 0.1) is 16.9 Å². The third-order valence-electron chi connectivity index (χ3n) is 2.63. The maximum absolute atomic E-state index is 11.7.